The number of nitrogens with two attached hydrogens (primary N) is 2. The lowest BCUT2D eigenvalue weighted by molar-refractivity contribution is -0.139. The molecule has 0 fully saturated rings. The Morgan fingerprint density at radius 3 is 1.85 bits per heavy atom. The summed E-state index contributed by atoms with van der Waals surface area (Å²) in [6, 6.07) is 0. The van der Waals surface area contributed by atoms with Crippen molar-refractivity contribution in [2.75, 3.05) is 39.7 Å². The zero-order valence-electron chi connectivity index (χ0n) is 31.6. The molecule has 14 heteroatoms. The second kappa shape index (κ2) is 30.4. The molecule has 0 aromatic rings. The van der Waals surface area contributed by atoms with Crippen molar-refractivity contribution in [2.45, 2.75) is 84.7 Å². The molecule has 1 atom stereocenters. The quantitative estimate of drug-likeness (QED) is 0.0386. The maximum absolute atomic E-state index is 12.4. The molecule has 0 aromatic carbocycles. The Morgan fingerprint density at radius 1 is 0.808 bits per heavy atom. The molecule has 1 unspecified atom stereocenters. The number of carbonyl (C=O) groups excluding carboxylic acids is 4. The SMILES string of the molecule is CCC=CCC=CCC=CCC=CCC=CCC=CCCC(=O)SCNC(=O)CCNC(=O)C(O)C(C)(C)COCC(=O)N=C(N)N=C(N)N(C)C. The van der Waals surface area contributed by atoms with Gasteiger partial charge in [0.15, 0.2) is 11.1 Å². The summed E-state index contributed by atoms with van der Waals surface area (Å²) < 4.78 is 5.32. The van der Waals surface area contributed by atoms with Crippen molar-refractivity contribution in [1.29, 1.82) is 0 Å². The van der Waals surface area contributed by atoms with Gasteiger partial charge in [0.1, 0.15) is 12.7 Å². The maximum Gasteiger partial charge on any atom is 0.274 e. The number of aliphatic hydroxyl groups is 1. The van der Waals surface area contributed by atoms with Crippen LogP contribution in [0, 0.1) is 5.41 Å². The Bertz CT molecular complexity index is 1320. The van der Waals surface area contributed by atoms with Gasteiger partial charge in [-0.3, -0.25) is 19.2 Å². The van der Waals surface area contributed by atoms with Gasteiger partial charge in [0, 0.05) is 38.9 Å². The van der Waals surface area contributed by atoms with E-state index in [1.165, 1.54) is 4.90 Å². The Labute approximate surface area is 314 Å². The molecule has 0 aliphatic rings. The van der Waals surface area contributed by atoms with Crippen molar-refractivity contribution in [1.82, 2.24) is 15.5 Å². The van der Waals surface area contributed by atoms with Crippen LogP contribution in [0.3, 0.4) is 0 Å². The van der Waals surface area contributed by atoms with E-state index in [9.17, 15) is 24.3 Å². The summed E-state index contributed by atoms with van der Waals surface area (Å²) in [6.07, 6.45) is 30.8. The van der Waals surface area contributed by atoms with Gasteiger partial charge in [0.25, 0.3) is 5.91 Å². The normalized spacial score (nSPS) is 13.7. The van der Waals surface area contributed by atoms with E-state index in [0.29, 0.717) is 12.8 Å². The van der Waals surface area contributed by atoms with Gasteiger partial charge in [0.05, 0.1) is 12.5 Å². The molecule has 7 N–H and O–H groups in total. The molecule has 0 aliphatic heterocycles. The van der Waals surface area contributed by atoms with E-state index in [1.807, 2.05) is 12.2 Å². The van der Waals surface area contributed by atoms with Crippen molar-refractivity contribution in [3.8, 4) is 0 Å². The van der Waals surface area contributed by atoms with E-state index < -0.39 is 29.9 Å². The second-order valence-corrected chi connectivity index (χ2v) is 13.4. The van der Waals surface area contributed by atoms with E-state index in [2.05, 4.69) is 88.3 Å². The molecular weight excluding hydrogens is 683 g/mol. The molecule has 0 rings (SSSR count). The van der Waals surface area contributed by atoms with Crippen LogP contribution in [0.1, 0.15) is 78.6 Å². The van der Waals surface area contributed by atoms with Gasteiger partial charge in [0.2, 0.25) is 17.8 Å². The summed E-state index contributed by atoms with van der Waals surface area (Å²) in [5.74, 6) is -1.87. The number of hydrogen-bond donors (Lipinski definition) is 5. The lowest BCUT2D eigenvalue weighted by Crippen LogP contribution is -2.46. The van der Waals surface area contributed by atoms with Crippen LogP contribution in [0.5, 0.6) is 0 Å². The first-order valence-electron chi connectivity index (χ1n) is 17.5. The average Bonchev–Trinajstić information content (AvgIpc) is 3.08. The minimum atomic E-state index is -1.47. The van der Waals surface area contributed by atoms with E-state index in [4.69, 9.17) is 16.2 Å². The molecule has 0 aliphatic carbocycles. The summed E-state index contributed by atoms with van der Waals surface area (Å²) in [5.41, 5.74) is 10.1. The van der Waals surface area contributed by atoms with E-state index >= 15 is 0 Å². The Balaban J connectivity index is 4.07. The number of guanidine groups is 2. The Kier molecular flexibility index (Phi) is 27.9. The third kappa shape index (κ3) is 27.5. The average molecular weight is 744 g/mol. The number of ether oxygens (including phenoxy) is 1. The van der Waals surface area contributed by atoms with Crippen LogP contribution in [-0.2, 0) is 23.9 Å². The van der Waals surface area contributed by atoms with Gasteiger partial charge in [-0.05, 0) is 44.9 Å². The third-order valence-corrected chi connectivity index (χ3v) is 7.69. The summed E-state index contributed by atoms with van der Waals surface area (Å²) in [6.45, 7) is 4.71. The number of aliphatic imine (C=N–C) groups is 2. The standard InChI is InChI=1S/C38H61N7O6S/c1-6-7-8-9-10-11-12-13-14-15-16-17-18-19-20-21-22-23-24-25-33(48)52-30-42-31(46)26-27-41-35(50)34(49)38(2,3)29-51-28-32(47)43-36(39)44-37(40)45(4)5/h7-8,10-11,13-14,16-17,19-20,22-23,34,49H,6,9,12,15,18,21,24-30H2,1-5H3,(H,41,50)(H,42,46)(H4,39,40,43,44,47). The lowest BCUT2D eigenvalue weighted by Gasteiger charge is -2.29. The first-order valence-corrected chi connectivity index (χ1v) is 18.5. The molecule has 0 heterocycles. The van der Waals surface area contributed by atoms with Crippen molar-refractivity contribution in [3.05, 3.63) is 72.9 Å². The van der Waals surface area contributed by atoms with Crippen molar-refractivity contribution < 1.29 is 29.0 Å². The molecule has 0 radical (unpaired) electrons. The summed E-state index contributed by atoms with van der Waals surface area (Å²) >= 11 is 1.03. The van der Waals surface area contributed by atoms with Gasteiger partial charge in [-0.15, -0.1) is 0 Å². The van der Waals surface area contributed by atoms with Gasteiger partial charge in [-0.25, -0.2) is 0 Å². The molecule has 0 bridgehead atoms. The second-order valence-electron chi connectivity index (χ2n) is 12.4. The highest BCUT2D eigenvalue weighted by Crippen LogP contribution is 2.21. The van der Waals surface area contributed by atoms with Crippen molar-refractivity contribution in [2.24, 2.45) is 26.9 Å². The molecule has 52 heavy (non-hydrogen) atoms. The van der Waals surface area contributed by atoms with Crippen molar-refractivity contribution in [3.63, 3.8) is 0 Å². The van der Waals surface area contributed by atoms with Gasteiger partial charge in [-0.2, -0.15) is 9.98 Å². The smallest absolute Gasteiger partial charge is 0.274 e. The first-order chi connectivity index (χ1) is 24.8. The fourth-order valence-corrected chi connectivity index (χ4v) is 4.49. The fourth-order valence-electron chi connectivity index (χ4n) is 3.83. The molecule has 0 aromatic heterocycles. The van der Waals surface area contributed by atoms with Crippen LogP contribution in [0.15, 0.2) is 82.9 Å². The molecule has 0 saturated heterocycles. The number of thioether (sulfide) groups is 1. The number of rotatable bonds is 25. The number of amides is 3. The van der Waals surface area contributed by atoms with Gasteiger partial charge in [-0.1, -0.05) is 105 Å². The molecule has 3 amide bonds. The number of allylic oxidation sites excluding steroid dienone is 12. The molecule has 0 saturated carbocycles. The minimum Gasteiger partial charge on any atom is -0.383 e. The van der Waals surface area contributed by atoms with Crippen LogP contribution in [-0.4, -0.2) is 90.6 Å². The maximum atomic E-state index is 12.4. The van der Waals surface area contributed by atoms with Crippen LogP contribution < -0.4 is 22.1 Å². The Morgan fingerprint density at radius 2 is 1.33 bits per heavy atom. The number of carbonyl (C=O) groups is 4. The van der Waals surface area contributed by atoms with E-state index in [0.717, 1.165) is 50.3 Å². The van der Waals surface area contributed by atoms with Crippen LogP contribution in [0.25, 0.3) is 0 Å². The summed E-state index contributed by atoms with van der Waals surface area (Å²) in [7, 11) is 3.30. The highest BCUT2D eigenvalue weighted by atomic mass is 32.2. The van der Waals surface area contributed by atoms with Crippen LogP contribution >= 0.6 is 11.8 Å². The largest absolute Gasteiger partial charge is 0.383 e. The lowest BCUT2D eigenvalue weighted by atomic mass is 9.87. The monoisotopic (exact) mass is 743 g/mol. The van der Waals surface area contributed by atoms with Crippen LogP contribution in [0.2, 0.25) is 0 Å². The summed E-state index contributed by atoms with van der Waals surface area (Å²) in [5, 5.41) is 15.6. The van der Waals surface area contributed by atoms with Gasteiger partial charge < -0.3 is 36.8 Å². The molecule has 13 nitrogen and oxygen atoms in total. The van der Waals surface area contributed by atoms with E-state index in [-0.39, 0.29) is 48.4 Å². The zero-order chi connectivity index (χ0) is 39.0. The predicted molar refractivity (Wildman–Crippen MR) is 213 cm³/mol. The summed E-state index contributed by atoms with van der Waals surface area (Å²) in [4.78, 5) is 57.4. The Hall–Kier alpha value is -4.27. The number of hydrogen-bond acceptors (Lipinski definition) is 7. The zero-order valence-corrected chi connectivity index (χ0v) is 32.4. The molecular formula is C38H61N7O6S. The topological polar surface area (TPSA) is 202 Å². The minimum absolute atomic E-state index is 0.0109. The van der Waals surface area contributed by atoms with Crippen LogP contribution in [0.4, 0.5) is 0 Å². The first kappa shape index (κ1) is 47.7. The number of nitrogens with one attached hydrogen (secondary N) is 2. The molecule has 0 spiro atoms. The highest BCUT2D eigenvalue weighted by molar-refractivity contribution is 8.13. The predicted octanol–water partition coefficient (Wildman–Crippen LogP) is 4.43. The van der Waals surface area contributed by atoms with Crippen molar-refractivity contribution >= 4 is 46.5 Å². The fraction of sp³-hybridized carbons (Fsp3) is 0.526. The molecule has 290 valence electrons. The van der Waals surface area contributed by atoms with Gasteiger partial charge >= 0.3 is 0 Å². The number of aliphatic hydroxyl groups excluding tert-OH is 1. The highest BCUT2D eigenvalue weighted by Gasteiger charge is 2.34. The van der Waals surface area contributed by atoms with E-state index in [1.54, 1.807) is 27.9 Å². The number of nitrogens with zero attached hydrogens (tertiary/aromatic N) is 3. The third-order valence-electron chi connectivity index (χ3n) is 6.88.